The van der Waals surface area contributed by atoms with E-state index in [2.05, 4.69) is 10.3 Å². The minimum absolute atomic E-state index is 0.259. The molecule has 0 spiro atoms. The molecule has 0 aliphatic carbocycles. The fourth-order valence-corrected chi connectivity index (χ4v) is 2.21. The average molecular weight is 300 g/mol. The Kier molecular flexibility index (Phi) is 3.97. The van der Waals surface area contributed by atoms with E-state index in [0.29, 0.717) is 17.0 Å². The SMILES string of the molecule is COc1ccc(/C(=N\O)c2ccnn2C)c(Cl)c1Cl. The van der Waals surface area contributed by atoms with Crippen molar-refractivity contribution in [2.24, 2.45) is 12.2 Å². The Morgan fingerprint density at radius 2 is 2.05 bits per heavy atom. The molecule has 0 bridgehead atoms. The van der Waals surface area contributed by atoms with Gasteiger partial charge in [-0.3, -0.25) is 4.68 Å². The Morgan fingerprint density at radius 3 is 2.58 bits per heavy atom. The van der Waals surface area contributed by atoms with Crippen LogP contribution in [-0.2, 0) is 7.05 Å². The number of halogens is 2. The first-order valence-electron chi connectivity index (χ1n) is 5.33. The Balaban J connectivity index is 2.58. The van der Waals surface area contributed by atoms with Crippen LogP contribution in [0.25, 0.3) is 0 Å². The van der Waals surface area contributed by atoms with Gasteiger partial charge in [-0.25, -0.2) is 0 Å². The van der Waals surface area contributed by atoms with E-state index in [-0.39, 0.29) is 15.8 Å². The molecule has 7 heteroatoms. The quantitative estimate of drug-likeness (QED) is 0.538. The summed E-state index contributed by atoms with van der Waals surface area (Å²) in [6.45, 7) is 0. The molecule has 1 heterocycles. The van der Waals surface area contributed by atoms with Crippen LogP contribution in [0.3, 0.4) is 0 Å². The highest BCUT2D eigenvalue weighted by Gasteiger charge is 2.18. The number of rotatable bonds is 3. The largest absolute Gasteiger partial charge is 0.495 e. The number of aromatic nitrogens is 2. The Hall–Kier alpha value is -1.72. The van der Waals surface area contributed by atoms with Gasteiger partial charge in [-0.2, -0.15) is 5.10 Å². The van der Waals surface area contributed by atoms with Gasteiger partial charge in [0.2, 0.25) is 0 Å². The molecule has 0 saturated heterocycles. The van der Waals surface area contributed by atoms with Crippen LogP contribution in [-0.4, -0.2) is 27.8 Å². The third kappa shape index (κ3) is 2.39. The summed E-state index contributed by atoms with van der Waals surface area (Å²) in [5.41, 5.74) is 1.40. The minimum atomic E-state index is 0.259. The molecule has 2 aromatic rings. The van der Waals surface area contributed by atoms with Crippen molar-refractivity contribution in [2.45, 2.75) is 0 Å². The summed E-state index contributed by atoms with van der Waals surface area (Å²) >= 11 is 12.3. The van der Waals surface area contributed by atoms with Crippen molar-refractivity contribution in [3.63, 3.8) is 0 Å². The molecule has 0 unspecified atom stereocenters. The molecule has 1 aromatic carbocycles. The predicted molar refractivity (Wildman–Crippen MR) is 73.6 cm³/mol. The number of hydrogen-bond acceptors (Lipinski definition) is 4. The zero-order valence-corrected chi connectivity index (χ0v) is 11.8. The van der Waals surface area contributed by atoms with E-state index >= 15 is 0 Å². The van der Waals surface area contributed by atoms with Crippen LogP contribution in [0, 0.1) is 0 Å². The molecule has 0 radical (unpaired) electrons. The van der Waals surface area contributed by atoms with Gasteiger partial charge in [0.1, 0.15) is 16.5 Å². The van der Waals surface area contributed by atoms with Gasteiger partial charge >= 0.3 is 0 Å². The molecule has 0 aliphatic heterocycles. The molecule has 1 aromatic heterocycles. The monoisotopic (exact) mass is 299 g/mol. The predicted octanol–water partition coefficient (Wildman–Crippen LogP) is 2.96. The van der Waals surface area contributed by atoms with Crippen molar-refractivity contribution in [2.75, 3.05) is 7.11 Å². The van der Waals surface area contributed by atoms with Gasteiger partial charge in [0.05, 0.1) is 17.8 Å². The molecular formula is C12H11Cl2N3O2. The maximum absolute atomic E-state index is 9.23. The van der Waals surface area contributed by atoms with E-state index < -0.39 is 0 Å². The molecule has 5 nitrogen and oxygen atoms in total. The highest BCUT2D eigenvalue weighted by Crippen LogP contribution is 2.35. The first-order chi connectivity index (χ1) is 9.10. The summed E-state index contributed by atoms with van der Waals surface area (Å²) < 4.78 is 6.65. The standard InChI is InChI=1S/C12H11Cl2N3O2/c1-17-8(5-6-15-17)12(16-18)7-3-4-9(19-2)11(14)10(7)13/h3-6,18H,1-2H3/b16-12+. The third-order valence-electron chi connectivity index (χ3n) is 2.69. The van der Waals surface area contributed by atoms with Gasteiger partial charge < -0.3 is 9.94 Å². The van der Waals surface area contributed by atoms with E-state index in [9.17, 15) is 5.21 Å². The highest BCUT2D eigenvalue weighted by atomic mass is 35.5. The van der Waals surface area contributed by atoms with Crippen LogP contribution in [0.1, 0.15) is 11.3 Å². The molecule has 0 atom stereocenters. The molecule has 2 rings (SSSR count). The second-order valence-corrected chi connectivity index (χ2v) is 4.49. The maximum atomic E-state index is 9.23. The molecule has 0 aliphatic rings. The summed E-state index contributed by atoms with van der Waals surface area (Å²) in [5.74, 6) is 0.456. The topological polar surface area (TPSA) is 59.6 Å². The molecule has 1 N–H and O–H groups in total. The number of benzene rings is 1. The lowest BCUT2D eigenvalue weighted by Gasteiger charge is -2.11. The van der Waals surface area contributed by atoms with Crippen LogP contribution < -0.4 is 4.74 Å². The second-order valence-electron chi connectivity index (χ2n) is 3.73. The van der Waals surface area contributed by atoms with Gasteiger partial charge in [0.25, 0.3) is 0 Å². The van der Waals surface area contributed by atoms with Crippen LogP contribution in [0.2, 0.25) is 10.0 Å². The first-order valence-corrected chi connectivity index (χ1v) is 6.08. The fourth-order valence-electron chi connectivity index (χ4n) is 1.72. The minimum Gasteiger partial charge on any atom is -0.495 e. The van der Waals surface area contributed by atoms with Gasteiger partial charge in [-0.15, -0.1) is 0 Å². The molecule has 19 heavy (non-hydrogen) atoms. The van der Waals surface area contributed by atoms with Crippen molar-refractivity contribution >= 4 is 28.9 Å². The van der Waals surface area contributed by atoms with E-state index in [0.717, 1.165) is 0 Å². The zero-order chi connectivity index (χ0) is 14.0. The van der Waals surface area contributed by atoms with Gasteiger partial charge in [0, 0.05) is 18.8 Å². The van der Waals surface area contributed by atoms with Crippen LogP contribution >= 0.6 is 23.2 Å². The molecule has 0 fully saturated rings. The van der Waals surface area contributed by atoms with Crippen molar-refractivity contribution < 1.29 is 9.94 Å². The van der Waals surface area contributed by atoms with Gasteiger partial charge in [-0.05, 0) is 18.2 Å². The average Bonchev–Trinajstić information content (AvgIpc) is 2.82. The highest BCUT2D eigenvalue weighted by molar-refractivity contribution is 6.45. The molecular weight excluding hydrogens is 289 g/mol. The number of aryl methyl sites for hydroxylation is 1. The van der Waals surface area contributed by atoms with Crippen LogP contribution in [0.4, 0.5) is 0 Å². The summed E-state index contributed by atoms with van der Waals surface area (Å²) in [6, 6.07) is 5.05. The third-order valence-corrected chi connectivity index (χ3v) is 3.55. The summed E-state index contributed by atoms with van der Waals surface area (Å²) in [4.78, 5) is 0. The van der Waals surface area contributed by atoms with E-state index in [4.69, 9.17) is 27.9 Å². The number of methoxy groups -OCH3 is 1. The number of hydrogen-bond donors (Lipinski definition) is 1. The van der Waals surface area contributed by atoms with E-state index in [1.54, 1.807) is 36.1 Å². The summed E-state index contributed by atoms with van der Waals surface area (Å²) in [6.07, 6.45) is 1.60. The fraction of sp³-hybridized carbons (Fsp3) is 0.167. The van der Waals surface area contributed by atoms with Crippen molar-refractivity contribution in [3.05, 3.63) is 45.7 Å². The molecule has 0 amide bonds. The molecule has 0 saturated carbocycles. The Labute approximate surface area is 120 Å². The lowest BCUT2D eigenvalue weighted by atomic mass is 10.1. The van der Waals surface area contributed by atoms with Crippen molar-refractivity contribution in [3.8, 4) is 5.75 Å². The second kappa shape index (κ2) is 5.50. The van der Waals surface area contributed by atoms with E-state index in [1.807, 2.05) is 0 Å². The normalized spacial score (nSPS) is 11.7. The van der Waals surface area contributed by atoms with Gasteiger partial charge in [0.15, 0.2) is 0 Å². The summed E-state index contributed by atoms with van der Waals surface area (Å²) in [7, 11) is 3.24. The smallest absolute Gasteiger partial charge is 0.139 e. The van der Waals surface area contributed by atoms with Gasteiger partial charge in [-0.1, -0.05) is 28.4 Å². The first kappa shape index (κ1) is 13.7. The Bertz CT molecular complexity index is 638. The zero-order valence-electron chi connectivity index (χ0n) is 10.3. The molecule has 100 valence electrons. The Morgan fingerprint density at radius 1 is 1.32 bits per heavy atom. The van der Waals surface area contributed by atoms with Crippen molar-refractivity contribution in [1.82, 2.24) is 9.78 Å². The summed E-state index contributed by atoms with van der Waals surface area (Å²) in [5, 5.41) is 17.1. The van der Waals surface area contributed by atoms with Crippen LogP contribution in [0.5, 0.6) is 5.75 Å². The number of ether oxygens (including phenoxy) is 1. The lowest BCUT2D eigenvalue weighted by molar-refractivity contribution is 0.319. The maximum Gasteiger partial charge on any atom is 0.139 e. The lowest BCUT2D eigenvalue weighted by Crippen LogP contribution is -2.10. The number of oxime groups is 1. The number of nitrogens with zero attached hydrogens (tertiary/aromatic N) is 3. The van der Waals surface area contributed by atoms with Crippen molar-refractivity contribution in [1.29, 1.82) is 0 Å². The van der Waals surface area contributed by atoms with Crippen LogP contribution in [0.15, 0.2) is 29.6 Å². The van der Waals surface area contributed by atoms with E-state index in [1.165, 1.54) is 7.11 Å².